The van der Waals surface area contributed by atoms with Crippen LogP contribution in [0.5, 0.6) is 0 Å². The molecule has 39 heavy (non-hydrogen) atoms. The Kier molecular flexibility index (Phi) is 7.90. The Morgan fingerprint density at radius 3 is 1.74 bits per heavy atom. The van der Waals surface area contributed by atoms with Gasteiger partial charge in [-0.05, 0) is 82.1 Å². The molecule has 2 fully saturated rings. The smallest absolute Gasteiger partial charge is 0.132 e. The Morgan fingerprint density at radius 1 is 0.667 bits per heavy atom. The molecule has 0 amide bonds. The van der Waals surface area contributed by atoms with Crippen molar-refractivity contribution in [2.24, 2.45) is 0 Å². The van der Waals surface area contributed by atoms with Gasteiger partial charge in [0.2, 0.25) is 0 Å². The molecule has 1 saturated heterocycles. The van der Waals surface area contributed by atoms with Gasteiger partial charge in [-0.2, -0.15) is 0 Å². The number of halogens is 3. The standard InChI is InChI=1S/C33H32F3NP2/c1-23-15-17-28(35)32(21-23)39(33-22-26(34)16-18-29(33)36)37(27-13-8-14-27)38-30(24-9-4-2-5-10-24)19-20-31(38)25-11-6-3-7-12-25/h2-7,9-12,15-18,21-22,27,30-31H,8,13-14,19-20H2,1H3/t30-,31-,39?/m0/s1. The van der Waals surface area contributed by atoms with Crippen molar-refractivity contribution in [2.75, 3.05) is 0 Å². The summed E-state index contributed by atoms with van der Waals surface area (Å²) < 4.78 is 48.8. The Balaban J connectivity index is 1.59. The van der Waals surface area contributed by atoms with Crippen molar-refractivity contribution in [1.82, 2.24) is 4.44 Å². The van der Waals surface area contributed by atoms with Crippen LogP contribution in [-0.4, -0.2) is 10.5 Å². The lowest BCUT2D eigenvalue weighted by atomic mass is 9.94. The van der Waals surface area contributed by atoms with Gasteiger partial charge in [0, 0.05) is 36.0 Å². The summed E-state index contributed by atoms with van der Waals surface area (Å²) in [6.45, 7) is 1.94. The van der Waals surface area contributed by atoms with Crippen LogP contribution in [0.2, 0.25) is 0 Å². The molecule has 1 nitrogen and oxygen atoms in total. The lowest BCUT2D eigenvalue weighted by molar-refractivity contribution is 0.314. The van der Waals surface area contributed by atoms with Gasteiger partial charge in [0.05, 0.1) is 0 Å². The lowest BCUT2D eigenvalue weighted by Crippen LogP contribution is -2.40. The van der Waals surface area contributed by atoms with E-state index in [-0.39, 0.29) is 28.5 Å². The molecule has 1 aliphatic carbocycles. The van der Waals surface area contributed by atoms with Gasteiger partial charge in [-0.3, -0.25) is 0 Å². The summed E-state index contributed by atoms with van der Waals surface area (Å²) in [5, 5.41) is 0.781. The van der Waals surface area contributed by atoms with Gasteiger partial charge in [0.1, 0.15) is 17.5 Å². The second-order valence-electron chi connectivity index (χ2n) is 10.6. The zero-order chi connectivity index (χ0) is 26.9. The van der Waals surface area contributed by atoms with E-state index in [1.807, 2.05) is 25.1 Å². The van der Waals surface area contributed by atoms with Crippen LogP contribution < -0.4 is 10.6 Å². The molecule has 1 heterocycles. The van der Waals surface area contributed by atoms with Crippen molar-refractivity contribution >= 4 is 26.8 Å². The monoisotopic (exact) mass is 561 g/mol. The molecule has 4 aromatic carbocycles. The van der Waals surface area contributed by atoms with Gasteiger partial charge in [-0.25, -0.2) is 17.6 Å². The summed E-state index contributed by atoms with van der Waals surface area (Å²) in [6.07, 6.45) is 5.12. The summed E-state index contributed by atoms with van der Waals surface area (Å²) in [4.78, 5) is 0. The van der Waals surface area contributed by atoms with Crippen molar-refractivity contribution in [2.45, 2.75) is 56.4 Å². The zero-order valence-electron chi connectivity index (χ0n) is 22.0. The largest absolute Gasteiger partial charge is 0.248 e. The maximum atomic E-state index is 15.8. The molecule has 200 valence electrons. The zero-order valence-corrected chi connectivity index (χ0v) is 23.8. The maximum absolute atomic E-state index is 15.8. The molecule has 3 atom stereocenters. The molecule has 1 aliphatic heterocycles. The van der Waals surface area contributed by atoms with Crippen LogP contribution in [0.15, 0.2) is 97.1 Å². The minimum absolute atomic E-state index is 0.209. The molecule has 6 heteroatoms. The summed E-state index contributed by atoms with van der Waals surface area (Å²) in [7, 11) is -2.56. The molecular weight excluding hydrogens is 529 g/mol. The summed E-state index contributed by atoms with van der Waals surface area (Å²) in [6, 6.07) is 30.2. The summed E-state index contributed by atoms with van der Waals surface area (Å²) in [5.74, 6) is -1.30. The maximum Gasteiger partial charge on any atom is 0.132 e. The van der Waals surface area contributed by atoms with E-state index in [9.17, 15) is 4.39 Å². The quantitative estimate of drug-likeness (QED) is 0.203. The topological polar surface area (TPSA) is 3.24 Å². The van der Waals surface area contributed by atoms with Gasteiger partial charge in [0.25, 0.3) is 0 Å². The van der Waals surface area contributed by atoms with Crippen LogP contribution in [-0.2, 0) is 0 Å². The number of nitrogens with zero attached hydrogens (tertiary/aromatic N) is 1. The van der Waals surface area contributed by atoms with Crippen molar-refractivity contribution in [3.05, 3.63) is 131 Å². The highest BCUT2D eigenvalue weighted by Gasteiger charge is 2.48. The van der Waals surface area contributed by atoms with E-state index >= 15 is 8.78 Å². The predicted octanol–water partition coefficient (Wildman–Crippen LogP) is 9.29. The van der Waals surface area contributed by atoms with Gasteiger partial charge in [-0.1, -0.05) is 78.7 Å². The highest BCUT2D eigenvalue weighted by Crippen LogP contribution is 2.77. The number of rotatable bonds is 7. The minimum Gasteiger partial charge on any atom is -0.248 e. The lowest BCUT2D eigenvalue weighted by Gasteiger charge is -2.49. The number of benzene rings is 4. The Morgan fingerprint density at radius 2 is 1.21 bits per heavy atom. The summed E-state index contributed by atoms with van der Waals surface area (Å²) >= 11 is 0. The van der Waals surface area contributed by atoms with Crippen molar-refractivity contribution in [3.63, 3.8) is 0 Å². The molecule has 1 saturated carbocycles. The van der Waals surface area contributed by atoms with E-state index in [4.69, 9.17) is 0 Å². The van der Waals surface area contributed by atoms with E-state index in [2.05, 4.69) is 53.0 Å². The van der Waals surface area contributed by atoms with Gasteiger partial charge < -0.3 is 0 Å². The Bertz CT molecular complexity index is 1330. The third-order valence-corrected chi connectivity index (χ3v) is 14.7. The molecule has 0 radical (unpaired) electrons. The van der Waals surface area contributed by atoms with Crippen LogP contribution in [0.4, 0.5) is 13.2 Å². The fourth-order valence-electron chi connectivity index (χ4n) is 5.93. The van der Waals surface area contributed by atoms with Crippen LogP contribution in [0.3, 0.4) is 0 Å². The minimum atomic E-state index is -1.66. The fourth-order valence-corrected chi connectivity index (χ4v) is 13.9. The molecule has 4 aromatic rings. The third kappa shape index (κ3) is 5.32. The van der Waals surface area contributed by atoms with E-state index in [0.717, 1.165) is 43.7 Å². The fraction of sp³-hybridized carbons (Fsp3) is 0.273. The van der Waals surface area contributed by atoms with Crippen molar-refractivity contribution in [3.8, 4) is 0 Å². The van der Waals surface area contributed by atoms with E-state index < -0.39 is 27.8 Å². The molecule has 0 spiro atoms. The highest BCUT2D eigenvalue weighted by molar-refractivity contribution is 7.79. The van der Waals surface area contributed by atoms with E-state index in [1.54, 1.807) is 6.07 Å². The Labute approximate surface area is 231 Å². The van der Waals surface area contributed by atoms with Gasteiger partial charge >= 0.3 is 0 Å². The number of aryl methyl sites for hydroxylation is 1. The van der Waals surface area contributed by atoms with E-state index in [0.29, 0.717) is 5.30 Å². The SMILES string of the molecule is Cc1ccc(F)c(P(c2cc(F)ccc2F)N(C2CCC2)P2[C@H](c3ccccc3)CC[C@H]2c2ccccc2)c1. The molecule has 0 bridgehead atoms. The first-order valence-electron chi connectivity index (χ1n) is 13.7. The first kappa shape index (κ1) is 26.7. The van der Waals surface area contributed by atoms with Crippen LogP contribution in [0.25, 0.3) is 0 Å². The van der Waals surface area contributed by atoms with Crippen LogP contribution in [0.1, 0.15) is 60.1 Å². The second kappa shape index (κ2) is 11.5. The first-order chi connectivity index (χ1) is 19.0. The van der Waals surface area contributed by atoms with Gasteiger partial charge in [0.15, 0.2) is 0 Å². The summed E-state index contributed by atoms with van der Waals surface area (Å²) in [5.41, 5.74) is 4.02. The molecular formula is C33H32F3NP2. The normalized spacial score (nSPS) is 20.7. The molecule has 0 N–H and O–H groups in total. The van der Waals surface area contributed by atoms with E-state index in [1.165, 1.54) is 29.3 Å². The van der Waals surface area contributed by atoms with Crippen LogP contribution in [0, 0.1) is 24.4 Å². The number of hydrogen-bond donors (Lipinski definition) is 0. The average Bonchev–Trinajstić information content (AvgIpc) is 3.37. The number of hydrogen-bond acceptors (Lipinski definition) is 1. The predicted molar refractivity (Wildman–Crippen MR) is 158 cm³/mol. The molecule has 1 unspecified atom stereocenters. The highest BCUT2D eigenvalue weighted by atomic mass is 31.2. The third-order valence-electron chi connectivity index (χ3n) is 8.03. The Hall–Kier alpha value is -2.51. The molecule has 6 rings (SSSR count). The molecule has 2 aliphatic rings. The van der Waals surface area contributed by atoms with Crippen molar-refractivity contribution < 1.29 is 13.2 Å². The van der Waals surface area contributed by atoms with Gasteiger partial charge in [-0.15, -0.1) is 0 Å². The first-order valence-corrected chi connectivity index (χ1v) is 16.4. The average molecular weight is 562 g/mol. The van der Waals surface area contributed by atoms with Crippen molar-refractivity contribution in [1.29, 1.82) is 0 Å². The molecule has 0 aromatic heterocycles. The van der Waals surface area contributed by atoms with Crippen LogP contribution >= 0.6 is 16.1 Å². The second-order valence-corrected chi connectivity index (χ2v) is 15.3.